The summed E-state index contributed by atoms with van der Waals surface area (Å²) in [5, 5.41) is 3.83. The summed E-state index contributed by atoms with van der Waals surface area (Å²) in [6.45, 7) is 0. The minimum Gasteiger partial charge on any atom is -0.324 e. The van der Waals surface area contributed by atoms with E-state index in [1.807, 2.05) is 0 Å². The van der Waals surface area contributed by atoms with E-state index < -0.39 is 0 Å². The van der Waals surface area contributed by atoms with Crippen molar-refractivity contribution in [1.29, 1.82) is 0 Å². The topological polar surface area (TPSA) is 66.5 Å². The number of nitrogens with zero attached hydrogens (tertiary/aromatic N) is 1. The Hall–Kier alpha value is -1.59. The number of imide groups is 1. The molecular formula is C22H24Cl2N2O3. The van der Waals surface area contributed by atoms with Crippen LogP contribution < -0.4 is 5.32 Å². The normalized spacial score (nSPS) is 35.9. The first-order valence-corrected chi connectivity index (χ1v) is 11.3. The molecule has 3 amide bonds. The van der Waals surface area contributed by atoms with E-state index >= 15 is 0 Å². The van der Waals surface area contributed by atoms with Crippen molar-refractivity contribution in [2.24, 2.45) is 29.6 Å². The van der Waals surface area contributed by atoms with Crippen LogP contribution in [0.1, 0.15) is 44.9 Å². The van der Waals surface area contributed by atoms with Gasteiger partial charge >= 0.3 is 0 Å². The zero-order valence-corrected chi connectivity index (χ0v) is 17.6. The summed E-state index contributed by atoms with van der Waals surface area (Å²) in [6, 6.07) is 4.92. The van der Waals surface area contributed by atoms with Crippen LogP contribution in [-0.2, 0) is 14.4 Å². The Labute approximate surface area is 180 Å². The Morgan fingerprint density at radius 2 is 1.55 bits per heavy atom. The quantitative estimate of drug-likeness (QED) is 0.710. The van der Waals surface area contributed by atoms with Gasteiger partial charge in [-0.3, -0.25) is 19.3 Å². The van der Waals surface area contributed by atoms with E-state index in [1.165, 1.54) is 0 Å². The molecule has 5 rings (SSSR count). The second kappa shape index (κ2) is 7.28. The average molecular weight is 435 g/mol. The zero-order chi connectivity index (χ0) is 20.3. The second-order valence-corrected chi connectivity index (χ2v) is 9.89. The Morgan fingerprint density at radius 3 is 2.17 bits per heavy atom. The van der Waals surface area contributed by atoms with Crippen molar-refractivity contribution in [2.75, 3.05) is 5.32 Å². The van der Waals surface area contributed by atoms with E-state index in [0.717, 1.165) is 19.3 Å². The molecule has 3 saturated carbocycles. The fraction of sp³-hybridized carbons (Fsp3) is 0.591. The highest BCUT2D eigenvalue weighted by molar-refractivity contribution is 6.35. The van der Waals surface area contributed by atoms with E-state index in [0.29, 0.717) is 53.3 Å². The van der Waals surface area contributed by atoms with Gasteiger partial charge in [-0.25, -0.2) is 0 Å². The number of anilines is 1. The largest absolute Gasteiger partial charge is 0.324 e. The first-order chi connectivity index (χ1) is 13.9. The average Bonchev–Trinajstić information content (AvgIpc) is 3.39. The van der Waals surface area contributed by atoms with Crippen molar-refractivity contribution in [1.82, 2.24) is 4.90 Å². The summed E-state index contributed by atoms with van der Waals surface area (Å²) in [4.78, 5) is 40.3. The maximum Gasteiger partial charge on any atom is 0.233 e. The summed E-state index contributed by atoms with van der Waals surface area (Å²) < 4.78 is 0. The molecule has 1 N–H and O–H groups in total. The van der Waals surface area contributed by atoms with Crippen LogP contribution in [0, 0.1) is 29.6 Å². The van der Waals surface area contributed by atoms with Gasteiger partial charge in [-0.15, -0.1) is 0 Å². The Bertz CT molecular complexity index is 853. The number of nitrogens with one attached hydrogen (secondary N) is 1. The molecule has 0 radical (unpaired) electrons. The first-order valence-electron chi connectivity index (χ1n) is 10.6. The van der Waals surface area contributed by atoms with Crippen molar-refractivity contribution in [2.45, 2.75) is 51.0 Å². The fourth-order valence-electron chi connectivity index (χ4n) is 6.22. The number of carbonyl (C=O) groups excluding carboxylic acids is 3. The van der Waals surface area contributed by atoms with Gasteiger partial charge in [-0.1, -0.05) is 23.2 Å². The highest BCUT2D eigenvalue weighted by atomic mass is 35.5. The van der Waals surface area contributed by atoms with Gasteiger partial charge in [0.15, 0.2) is 0 Å². The highest BCUT2D eigenvalue weighted by Gasteiger charge is 2.61. The van der Waals surface area contributed by atoms with Crippen molar-refractivity contribution in [3.63, 3.8) is 0 Å². The number of benzene rings is 1. The van der Waals surface area contributed by atoms with Crippen molar-refractivity contribution in [3.05, 3.63) is 28.2 Å². The first kappa shape index (κ1) is 19.4. The molecule has 0 spiro atoms. The predicted octanol–water partition coefficient (Wildman–Crippen LogP) is 4.52. The van der Waals surface area contributed by atoms with E-state index in [2.05, 4.69) is 5.32 Å². The summed E-state index contributed by atoms with van der Waals surface area (Å²) >= 11 is 12.1. The number of likely N-dealkylation sites (tertiary alicyclic amines) is 1. The number of hydrogen-bond acceptors (Lipinski definition) is 3. The summed E-state index contributed by atoms with van der Waals surface area (Å²) in [7, 11) is 0. The Kier molecular flexibility index (Phi) is 4.86. The van der Waals surface area contributed by atoms with Crippen LogP contribution in [0.3, 0.4) is 0 Å². The monoisotopic (exact) mass is 434 g/mol. The Morgan fingerprint density at radius 1 is 0.931 bits per heavy atom. The molecule has 29 heavy (non-hydrogen) atoms. The van der Waals surface area contributed by atoms with E-state index in [-0.39, 0.29) is 41.5 Å². The van der Waals surface area contributed by atoms with Gasteiger partial charge in [-0.05, 0) is 75.0 Å². The zero-order valence-electron chi connectivity index (χ0n) is 16.1. The molecule has 1 aromatic rings. The van der Waals surface area contributed by atoms with Crippen molar-refractivity contribution < 1.29 is 14.4 Å². The second-order valence-electron chi connectivity index (χ2n) is 9.05. The molecule has 1 heterocycles. The van der Waals surface area contributed by atoms with Crippen LogP contribution >= 0.6 is 23.2 Å². The lowest BCUT2D eigenvalue weighted by Crippen LogP contribution is -2.44. The number of hydrogen-bond donors (Lipinski definition) is 1. The van der Waals surface area contributed by atoms with Crippen LogP contribution in [0.15, 0.2) is 18.2 Å². The molecule has 5 nitrogen and oxygen atoms in total. The molecule has 0 aromatic heterocycles. The van der Waals surface area contributed by atoms with E-state index in [4.69, 9.17) is 23.2 Å². The Balaban J connectivity index is 1.22. The van der Waals surface area contributed by atoms with Crippen LogP contribution in [-0.4, -0.2) is 28.7 Å². The van der Waals surface area contributed by atoms with Gasteiger partial charge in [0.1, 0.15) is 0 Å². The molecule has 4 aliphatic rings. The van der Waals surface area contributed by atoms with Gasteiger partial charge < -0.3 is 5.32 Å². The molecule has 1 saturated heterocycles. The fourth-order valence-corrected chi connectivity index (χ4v) is 6.55. The smallest absolute Gasteiger partial charge is 0.233 e. The van der Waals surface area contributed by atoms with Crippen LogP contribution in [0.5, 0.6) is 0 Å². The van der Waals surface area contributed by atoms with Gasteiger partial charge in [0.25, 0.3) is 0 Å². The highest BCUT2D eigenvalue weighted by Crippen LogP contribution is 2.56. The van der Waals surface area contributed by atoms with Gasteiger partial charge in [0.05, 0.1) is 22.5 Å². The predicted molar refractivity (Wildman–Crippen MR) is 111 cm³/mol. The summed E-state index contributed by atoms with van der Waals surface area (Å²) in [5.74, 6) is 0.592. The van der Waals surface area contributed by atoms with E-state index in [9.17, 15) is 14.4 Å². The third kappa shape index (κ3) is 3.17. The molecule has 154 valence electrons. The lowest BCUT2D eigenvalue weighted by atomic mass is 9.81. The molecule has 0 unspecified atom stereocenters. The minimum absolute atomic E-state index is 0.0567. The van der Waals surface area contributed by atoms with Crippen LogP contribution in [0.2, 0.25) is 10.0 Å². The molecule has 3 aliphatic carbocycles. The SMILES string of the molecule is O=C(Nc1cc(Cl)ccc1Cl)C1CCC(N2C(=O)[C@@H]3[C@@H]4CC[C@@H](C4)[C@@H]3C2=O)CC1. The maximum absolute atomic E-state index is 13.0. The van der Waals surface area contributed by atoms with Crippen LogP contribution in [0.25, 0.3) is 0 Å². The lowest BCUT2D eigenvalue weighted by Gasteiger charge is -2.33. The molecule has 2 bridgehead atoms. The van der Waals surface area contributed by atoms with Gasteiger partial charge in [-0.2, -0.15) is 0 Å². The van der Waals surface area contributed by atoms with Crippen molar-refractivity contribution in [3.8, 4) is 0 Å². The summed E-state index contributed by atoms with van der Waals surface area (Å²) in [5.41, 5.74) is 0.513. The number of fused-ring (bicyclic) bond motifs is 5. The van der Waals surface area contributed by atoms with Gasteiger partial charge in [0.2, 0.25) is 17.7 Å². The number of rotatable bonds is 3. The molecule has 4 fully saturated rings. The maximum atomic E-state index is 13.0. The molecular weight excluding hydrogens is 411 g/mol. The number of carbonyl (C=O) groups is 3. The number of halogens is 2. The number of amides is 3. The summed E-state index contributed by atoms with van der Waals surface area (Å²) in [6.07, 6.45) is 5.94. The van der Waals surface area contributed by atoms with E-state index in [1.54, 1.807) is 23.1 Å². The van der Waals surface area contributed by atoms with Crippen molar-refractivity contribution >= 4 is 46.6 Å². The third-order valence-corrected chi connectivity index (χ3v) is 8.15. The molecule has 1 aliphatic heterocycles. The van der Waals surface area contributed by atoms with Gasteiger partial charge in [0, 0.05) is 17.0 Å². The lowest BCUT2D eigenvalue weighted by molar-refractivity contribution is -0.144. The third-order valence-electron chi connectivity index (χ3n) is 7.58. The molecule has 7 heteroatoms. The minimum atomic E-state index is -0.148. The van der Waals surface area contributed by atoms with Crippen LogP contribution in [0.4, 0.5) is 5.69 Å². The molecule has 4 atom stereocenters. The standard InChI is InChI=1S/C22H24Cl2N2O3/c23-14-5-8-16(24)17(10-14)25-20(27)11-3-6-15(7-4-11)26-21(28)18-12-1-2-13(9-12)19(18)22(26)29/h5,8,10-13,15,18-19H,1-4,6-7,9H2,(H,25,27)/t11?,12-,13+,15?,18-,19+. The molecule has 1 aromatic carbocycles.